The van der Waals surface area contributed by atoms with Crippen molar-refractivity contribution in [3.05, 3.63) is 11.6 Å². The Balaban J connectivity index is 4.48. The maximum Gasteiger partial charge on any atom is 0.0299 e. The van der Waals surface area contributed by atoms with Crippen molar-refractivity contribution in [1.29, 1.82) is 0 Å². The molecule has 0 aromatic heterocycles. The van der Waals surface area contributed by atoms with Gasteiger partial charge in [-0.3, -0.25) is 0 Å². The average Bonchev–Trinajstić information content (AvgIpc) is 2.32. The van der Waals surface area contributed by atoms with Gasteiger partial charge in [-0.1, -0.05) is 32.4 Å². The molecule has 0 amide bonds. The summed E-state index contributed by atoms with van der Waals surface area (Å²) in [5, 5.41) is 0. The monoisotopic (exact) mass is 263 g/mol. The molecule has 0 bridgehead atoms. The first-order chi connectivity index (χ1) is 8.90. The van der Waals surface area contributed by atoms with Crippen LogP contribution in [0.2, 0.25) is 0 Å². The molecule has 19 heavy (non-hydrogen) atoms. The number of allylic oxidation sites excluding steroid dienone is 2. The van der Waals surface area contributed by atoms with E-state index in [-0.39, 0.29) is 0 Å². The fraction of sp³-hybridized carbons (Fsp3) is 0.778. The lowest BCUT2D eigenvalue weighted by molar-refractivity contribution is 0.286. The fourth-order valence-electron chi connectivity index (χ4n) is 2.77. The molecule has 0 saturated carbocycles. The Labute approximate surface area is 121 Å². The Morgan fingerprint density at radius 1 is 1.21 bits per heavy atom. The molecule has 110 valence electrons. The van der Waals surface area contributed by atoms with Crippen molar-refractivity contribution in [2.75, 3.05) is 20.6 Å². The molecule has 2 atom stereocenters. The van der Waals surface area contributed by atoms with Gasteiger partial charge in [0.25, 0.3) is 0 Å². The molecule has 0 saturated heterocycles. The van der Waals surface area contributed by atoms with Gasteiger partial charge in [0.2, 0.25) is 0 Å². The van der Waals surface area contributed by atoms with E-state index in [1.807, 2.05) is 0 Å². The Morgan fingerprint density at radius 3 is 2.26 bits per heavy atom. The molecule has 0 N–H and O–H groups in total. The van der Waals surface area contributed by atoms with Gasteiger partial charge < -0.3 is 4.90 Å². The van der Waals surface area contributed by atoms with Gasteiger partial charge in [0.1, 0.15) is 0 Å². The molecular weight excluding hydrogens is 230 g/mol. The zero-order chi connectivity index (χ0) is 14.8. The molecule has 0 radical (unpaired) electrons. The van der Waals surface area contributed by atoms with Gasteiger partial charge >= 0.3 is 0 Å². The van der Waals surface area contributed by atoms with Crippen LogP contribution in [0.4, 0.5) is 0 Å². The van der Waals surface area contributed by atoms with E-state index < -0.39 is 0 Å². The normalized spacial score (nSPS) is 15.6. The van der Waals surface area contributed by atoms with Crippen molar-refractivity contribution >= 4 is 0 Å². The third-order valence-corrected chi connectivity index (χ3v) is 3.79. The summed E-state index contributed by atoms with van der Waals surface area (Å²) in [4.78, 5) is 2.29. The Kier molecular flexibility index (Phi) is 9.70. The minimum absolute atomic E-state index is 0.618. The van der Waals surface area contributed by atoms with Crippen molar-refractivity contribution in [1.82, 2.24) is 4.90 Å². The summed E-state index contributed by atoms with van der Waals surface area (Å²) >= 11 is 0. The first kappa shape index (κ1) is 18.3. The highest BCUT2D eigenvalue weighted by molar-refractivity contribution is 5.12. The summed E-state index contributed by atoms with van der Waals surface area (Å²) in [6.45, 7) is 10.3. The van der Waals surface area contributed by atoms with Gasteiger partial charge in [0, 0.05) is 6.42 Å². The number of terminal acetylenes is 1. The standard InChI is InChI=1S/C18H33N/c1-8-10-18(9-2)16(5)14-17(13-15(3)4)11-12-19(6)7/h1,9,15-17H,10-14H2,2-7H3. The third kappa shape index (κ3) is 8.89. The fourth-order valence-corrected chi connectivity index (χ4v) is 2.77. The van der Waals surface area contributed by atoms with Crippen LogP contribution in [0.15, 0.2) is 11.6 Å². The van der Waals surface area contributed by atoms with Crippen LogP contribution in [-0.2, 0) is 0 Å². The highest BCUT2D eigenvalue weighted by atomic mass is 15.0. The molecule has 0 aromatic carbocycles. The smallest absolute Gasteiger partial charge is 0.0299 e. The number of rotatable bonds is 9. The van der Waals surface area contributed by atoms with E-state index in [0.29, 0.717) is 5.92 Å². The van der Waals surface area contributed by atoms with Crippen LogP contribution in [0.3, 0.4) is 0 Å². The summed E-state index contributed by atoms with van der Waals surface area (Å²) in [5.74, 6) is 4.99. The molecule has 0 aliphatic rings. The second kappa shape index (κ2) is 10.1. The Bertz CT molecular complexity index is 293. The summed E-state index contributed by atoms with van der Waals surface area (Å²) < 4.78 is 0. The van der Waals surface area contributed by atoms with Gasteiger partial charge in [0.15, 0.2) is 0 Å². The number of hydrogen-bond donors (Lipinski definition) is 0. The molecule has 1 nitrogen and oxygen atoms in total. The highest BCUT2D eigenvalue weighted by Gasteiger charge is 2.17. The lowest BCUT2D eigenvalue weighted by Gasteiger charge is -2.25. The first-order valence-electron chi connectivity index (χ1n) is 7.63. The second-order valence-corrected chi connectivity index (χ2v) is 6.47. The zero-order valence-electron chi connectivity index (χ0n) is 13.9. The van der Waals surface area contributed by atoms with Crippen LogP contribution in [-0.4, -0.2) is 25.5 Å². The maximum absolute atomic E-state index is 5.46. The molecule has 0 rings (SSSR count). The molecule has 0 aliphatic heterocycles. The molecule has 0 aliphatic carbocycles. The summed E-state index contributed by atoms with van der Waals surface area (Å²) in [6, 6.07) is 0. The van der Waals surface area contributed by atoms with E-state index in [1.54, 1.807) is 0 Å². The first-order valence-corrected chi connectivity index (χ1v) is 7.63. The quantitative estimate of drug-likeness (QED) is 0.434. The summed E-state index contributed by atoms with van der Waals surface area (Å²) in [6.07, 6.45) is 12.4. The second-order valence-electron chi connectivity index (χ2n) is 6.47. The van der Waals surface area contributed by atoms with Crippen LogP contribution >= 0.6 is 0 Å². The lowest BCUT2D eigenvalue weighted by Crippen LogP contribution is -2.19. The van der Waals surface area contributed by atoms with E-state index in [9.17, 15) is 0 Å². The van der Waals surface area contributed by atoms with Crippen molar-refractivity contribution in [3.63, 3.8) is 0 Å². The van der Waals surface area contributed by atoms with Gasteiger partial charge in [-0.15, -0.1) is 12.3 Å². The number of nitrogens with zero attached hydrogens (tertiary/aromatic N) is 1. The predicted octanol–water partition coefficient (Wildman–Crippen LogP) is 4.60. The molecular formula is C18H33N. The average molecular weight is 263 g/mol. The van der Waals surface area contributed by atoms with Crippen molar-refractivity contribution in [3.8, 4) is 12.3 Å². The van der Waals surface area contributed by atoms with Crippen molar-refractivity contribution in [2.24, 2.45) is 17.8 Å². The van der Waals surface area contributed by atoms with E-state index in [0.717, 1.165) is 18.3 Å². The van der Waals surface area contributed by atoms with E-state index in [2.05, 4.69) is 58.7 Å². The highest BCUT2D eigenvalue weighted by Crippen LogP contribution is 2.28. The topological polar surface area (TPSA) is 3.24 Å². The molecule has 0 spiro atoms. The van der Waals surface area contributed by atoms with E-state index >= 15 is 0 Å². The largest absolute Gasteiger partial charge is 0.309 e. The Hall–Kier alpha value is -0.740. The molecule has 2 unspecified atom stereocenters. The van der Waals surface area contributed by atoms with Crippen LogP contribution < -0.4 is 0 Å². The van der Waals surface area contributed by atoms with Crippen molar-refractivity contribution in [2.45, 2.75) is 53.4 Å². The summed E-state index contributed by atoms with van der Waals surface area (Å²) in [5.41, 5.74) is 1.43. The lowest BCUT2D eigenvalue weighted by atomic mass is 9.83. The minimum Gasteiger partial charge on any atom is -0.309 e. The SMILES string of the molecule is C#CCC(=CC)C(C)CC(CCN(C)C)CC(C)C. The molecule has 0 aromatic rings. The van der Waals surface area contributed by atoms with Crippen LogP contribution in [0, 0.1) is 30.1 Å². The minimum atomic E-state index is 0.618. The molecule has 1 heteroatoms. The Morgan fingerprint density at radius 2 is 1.84 bits per heavy atom. The zero-order valence-corrected chi connectivity index (χ0v) is 13.9. The summed E-state index contributed by atoms with van der Waals surface area (Å²) in [7, 11) is 4.32. The molecule has 0 fully saturated rings. The maximum atomic E-state index is 5.46. The predicted molar refractivity (Wildman–Crippen MR) is 87.1 cm³/mol. The third-order valence-electron chi connectivity index (χ3n) is 3.79. The van der Waals surface area contributed by atoms with Gasteiger partial charge in [-0.2, -0.15) is 0 Å². The van der Waals surface area contributed by atoms with Crippen molar-refractivity contribution < 1.29 is 0 Å². The van der Waals surface area contributed by atoms with E-state index in [4.69, 9.17) is 6.42 Å². The molecule has 0 heterocycles. The number of hydrogen-bond acceptors (Lipinski definition) is 1. The van der Waals surface area contributed by atoms with Gasteiger partial charge in [0.05, 0.1) is 0 Å². The van der Waals surface area contributed by atoms with Gasteiger partial charge in [-0.05, 0) is 64.6 Å². The van der Waals surface area contributed by atoms with Crippen LogP contribution in [0.1, 0.15) is 53.4 Å². The van der Waals surface area contributed by atoms with E-state index in [1.165, 1.54) is 31.4 Å². The van der Waals surface area contributed by atoms with Gasteiger partial charge in [-0.25, -0.2) is 0 Å². The van der Waals surface area contributed by atoms with Crippen LogP contribution in [0.5, 0.6) is 0 Å². The van der Waals surface area contributed by atoms with Crippen LogP contribution in [0.25, 0.3) is 0 Å².